The van der Waals surface area contributed by atoms with Crippen LogP contribution in [0.3, 0.4) is 0 Å². The fourth-order valence-electron chi connectivity index (χ4n) is 6.01. The van der Waals surface area contributed by atoms with Crippen molar-refractivity contribution in [2.24, 2.45) is 23.5 Å². The van der Waals surface area contributed by atoms with E-state index in [2.05, 4.69) is 0 Å². The molecule has 0 heterocycles. The molecule has 2 N–H and O–H groups in total. The molecule has 0 unspecified atom stereocenters. The smallest absolute Gasteiger partial charge is 0.0690 e. The van der Waals surface area contributed by atoms with Gasteiger partial charge in [0.05, 0.1) is 5.60 Å². The lowest BCUT2D eigenvalue weighted by Crippen LogP contribution is -2.52. The lowest BCUT2D eigenvalue weighted by Gasteiger charge is -2.56. The molecule has 0 atom stereocenters. The number of hydrogen-bond acceptors (Lipinski definition) is 2. The Bertz CT molecular complexity index is 310. The van der Waals surface area contributed by atoms with Gasteiger partial charge in [-0.15, -0.1) is 0 Å². The van der Waals surface area contributed by atoms with E-state index in [4.69, 9.17) is 10.5 Å². The van der Waals surface area contributed by atoms with E-state index < -0.39 is 0 Å². The van der Waals surface area contributed by atoms with E-state index in [1.165, 1.54) is 64.2 Å². The zero-order valence-corrected chi connectivity index (χ0v) is 12.2. The maximum atomic E-state index is 6.49. The second-order valence-electron chi connectivity index (χ2n) is 8.27. The Morgan fingerprint density at radius 3 is 1.95 bits per heavy atom. The molecule has 0 aromatic carbocycles. The first-order valence-electron chi connectivity index (χ1n) is 8.58. The van der Waals surface area contributed by atoms with Crippen molar-refractivity contribution >= 4 is 0 Å². The zero-order chi connectivity index (χ0) is 12.9. The summed E-state index contributed by atoms with van der Waals surface area (Å²) in [5.74, 6) is 2.97. The molecule has 0 aromatic heterocycles. The van der Waals surface area contributed by atoms with E-state index >= 15 is 0 Å². The van der Waals surface area contributed by atoms with E-state index in [1.807, 2.05) is 0 Å². The number of rotatable bonds is 4. The van der Waals surface area contributed by atoms with Crippen LogP contribution in [0.5, 0.6) is 0 Å². The highest BCUT2D eigenvalue weighted by atomic mass is 16.5. The molecule has 0 spiro atoms. The van der Waals surface area contributed by atoms with Crippen LogP contribution in [0.25, 0.3) is 0 Å². The van der Waals surface area contributed by atoms with Gasteiger partial charge in [0.15, 0.2) is 0 Å². The standard InChI is InChI=1S/C17H29NO/c18-16(3-1-2-4-16)5-6-19-17-10-13-7-14(11-17)9-15(8-13)12-17/h13-15H,1-12,18H2. The number of ether oxygens (including phenoxy) is 1. The van der Waals surface area contributed by atoms with Crippen LogP contribution in [0.15, 0.2) is 0 Å². The van der Waals surface area contributed by atoms with Crippen LogP contribution in [0.1, 0.15) is 70.6 Å². The van der Waals surface area contributed by atoms with Gasteiger partial charge in [-0.2, -0.15) is 0 Å². The van der Waals surface area contributed by atoms with Crippen LogP contribution in [0.4, 0.5) is 0 Å². The molecule has 19 heavy (non-hydrogen) atoms. The third-order valence-electron chi connectivity index (χ3n) is 6.59. The molecule has 2 nitrogen and oxygen atoms in total. The van der Waals surface area contributed by atoms with Crippen molar-refractivity contribution in [2.75, 3.05) is 6.61 Å². The third kappa shape index (κ3) is 2.35. The van der Waals surface area contributed by atoms with Crippen LogP contribution < -0.4 is 5.73 Å². The summed E-state index contributed by atoms with van der Waals surface area (Å²) in [5.41, 5.74) is 6.85. The van der Waals surface area contributed by atoms with Gasteiger partial charge in [-0.05, 0) is 75.5 Å². The second-order valence-corrected chi connectivity index (χ2v) is 8.27. The van der Waals surface area contributed by atoms with Crippen LogP contribution in [0.2, 0.25) is 0 Å². The Morgan fingerprint density at radius 2 is 1.42 bits per heavy atom. The van der Waals surface area contributed by atoms with Gasteiger partial charge in [-0.3, -0.25) is 0 Å². The quantitative estimate of drug-likeness (QED) is 0.840. The molecule has 5 aliphatic carbocycles. The molecule has 5 aliphatic rings. The van der Waals surface area contributed by atoms with Crippen LogP contribution >= 0.6 is 0 Å². The normalized spacial score (nSPS) is 46.9. The van der Waals surface area contributed by atoms with Gasteiger partial charge in [0.2, 0.25) is 0 Å². The summed E-state index contributed by atoms with van der Waals surface area (Å²) in [7, 11) is 0. The molecular weight excluding hydrogens is 234 g/mol. The largest absolute Gasteiger partial charge is 0.375 e. The average molecular weight is 263 g/mol. The zero-order valence-electron chi connectivity index (χ0n) is 12.2. The highest BCUT2D eigenvalue weighted by Gasteiger charge is 2.51. The van der Waals surface area contributed by atoms with Crippen molar-refractivity contribution in [3.05, 3.63) is 0 Å². The number of nitrogens with two attached hydrogens (primary N) is 1. The minimum absolute atomic E-state index is 0.113. The summed E-state index contributed by atoms with van der Waals surface area (Å²) in [6.07, 6.45) is 14.8. The maximum absolute atomic E-state index is 6.49. The van der Waals surface area contributed by atoms with Gasteiger partial charge in [-0.25, -0.2) is 0 Å². The van der Waals surface area contributed by atoms with Crippen molar-refractivity contribution < 1.29 is 4.74 Å². The van der Waals surface area contributed by atoms with Crippen molar-refractivity contribution in [1.29, 1.82) is 0 Å². The van der Waals surface area contributed by atoms with E-state index in [1.54, 1.807) is 0 Å². The van der Waals surface area contributed by atoms with Gasteiger partial charge >= 0.3 is 0 Å². The molecule has 0 saturated heterocycles. The molecule has 5 saturated carbocycles. The molecule has 0 aliphatic heterocycles. The first kappa shape index (κ1) is 12.6. The maximum Gasteiger partial charge on any atom is 0.0690 e. The van der Waals surface area contributed by atoms with Crippen molar-refractivity contribution in [3.8, 4) is 0 Å². The Labute approximate surface area is 117 Å². The molecule has 0 radical (unpaired) electrons. The Balaban J connectivity index is 1.35. The fourth-order valence-corrected chi connectivity index (χ4v) is 6.01. The first-order valence-corrected chi connectivity index (χ1v) is 8.58. The predicted octanol–water partition coefficient (Wildman–Crippen LogP) is 3.63. The monoisotopic (exact) mass is 263 g/mol. The van der Waals surface area contributed by atoms with Crippen molar-refractivity contribution in [2.45, 2.75) is 81.8 Å². The summed E-state index contributed by atoms with van der Waals surface area (Å²) in [6.45, 7) is 0.919. The van der Waals surface area contributed by atoms with Gasteiger partial charge < -0.3 is 10.5 Å². The average Bonchev–Trinajstić information content (AvgIpc) is 2.74. The highest BCUT2D eigenvalue weighted by molar-refractivity contribution is 5.03. The van der Waals surface area contributed by atoms with E-state index in [0.717, 1.165) is 30.8 Å². The molecule has 5 fully saturated rings. The van der Waals surface area contributed by atoms with Gasteiger partial charge in [0.1, 0.15) is 0 Å². The Hall–Kier alpha value is -0.0800. The summed E-state index contributed by atoms with van der Waals surface area (Å²) < 4.78 is 6.49. The summed E-state index contributed by atoms with van der Waals surface area (Å²) in [4.78, 5) is 0. The first-order chi connectivity index (χ1) is 9.15. The molecule has 108 valence electrons. The van der Waals surface area contributed by atoms with Crippen LogP contribution in [-0.4, -0.2) is 17.7 Å². The fraction of sp³-hybridized carbons (Fsp3) is 1.00. The number of hydrogen-bond donors (Lipinski definition) is 1. The highest BCUT2D eigenvalue weighted by Crippen LogP contribution is 2.57. The minimum Gasteiger partial charge on any atom is -0.375 e. The second kappa shape index (κ2) is 4.46. The topological polar surface area (TPSA) is 35.2 Å². The molecule has 2 heteroatoms. The molecular formula is C17H29NO. The summed E-state index contributed by atoms with van der Waals surface area (Å²) in [6, 6.07) is 0. The van der Waals surface area contributed by atoms with Crippen LogP contribution in [-0.2, 0) is 4.74 Å². The van der Waals surface area contributed by atoms with Gasteiger partial charge in [-0.1, -0.05) is 12.8 Å². The predicted molar refractivity (Wildman–Crippen MR) is 76.9 cm³/mol. The SMILES string of the molecule is NC1(CCOC23CC4CC(CC(C4)C2)C3)CCCC1. The van der Waals surface area contributed by atoms with E-state index in [9.17, 15) is 0 Å². The van der Waals surface area contributed by atoms with Crippen molar-refractivity contribution in [1.82, 2.24) is 0 Å². The lowest BCUT2D eigenvalue weighted by atomic mass is 9.54. The van der Waals surface area contributed by atoms with E-state index in [0.29, 0.717) is 0 Å². The summed E-state index contributed by atoms with van der Waals surface area (Å²) >= 11 is 0. The molecule has 5 rings (SSSR count). The van der Waals surface area contributed by atoms with Crippen LogP contribution in [0, 0.1) is 17.8 Å². The van der Waals surface area contributed by atoms with Crippen molar-refractivity contribution in [3.63, 3.8) is 0 Å². The molecule has 0 amide bonds. The third-order valence-corrected chi connectivity index (χ3v) is 6.59. The minimum atomic E-state index is 0.113. The van der Waals surface area contributed by atoms with Gasteiger partial charge in [0.25, 0.3) is 0 Å². The summed E-state index contributed by atoms with van der Waals surface area (Å²) in [5, 5.41) is 0. The Kier molecular flexibility index (Phi) is 2.97. The Morgan fingerprint density at radius 1 is 0.895 bits per heavy atom. The molecule has 4 bridgehead atoms. The molecule has 0 aromatic rings. The lowest BCUT2D eigenvalue weighted by molar-refractivity contribution is -0.164. The van der Waals surface area contributed by atoms with Gasteiger partial charge in [0, 0.05) is 12.1 Å². The van der Waals surface area contributed by atoms with E-state index in [-0.39, 0.29) is 11.1 Å².